The quantitative estimate of drug-likeness (QED) is 0.732. The number of rotatable bonds is 7. The molecular weight excluding hydrogens is 276 g/mol. The molecule has 22 heavy (non-hydrogen) atoms. The molecule has 3 heteroatoms. The maximum absolute atomic E-state index is 5.78. The molecule has 0 atom stereocenters. The lowest BCUT2D eigenvalue weighted by Gasteiger charge is -2.12. The summed E-state index contributed by atoms with van der Waals surface area (Å²) in [5.74, 6) is 2.57. The molecule has 2 aromatic carbocycles. The molecule has 0 aliphatic heterocycles. The van der Waals surface area contributed by atoms with Gasteiger partial charge in [-0.1, -0.05) is 12.1 Å². The van der Waals surface area contributed by atoms with Crippen LogP contribution in [0.3, 0.4) is 0 Å². The Balaban J connectivity index is 1.87. The summed E-state index contributed by atoms with van der Waals surface area (Å²) in [4.78, 5) is 0. The highest BCUT2D eigenvalue weighted by molar-refractivity contribution is 5.32. The molecule has 3 nitrogen and oxygen atoms in total. The van der Waals surface area contributed by atoms with Crippen LogP contribution >= 0.6 is 0 Å². The Labute approximate surface area is 132 Å². The van der Waals surface area contributed by atoms with Crippen molar-refractivity contribution in [2.75, 3.05) is 0 Å². The molecule has 2 rings (SSSR count). The van der Waals surface area contributed by atoms with Crippen LogP contribution in [0.15, 0.2) is 48.5 Å². The first-order chi connectivity index (χ1) is 10.5. The normalized spacial score (nSPS) is 10.8. The summed E-state index contributed by atoms with van der Waals surface area (Å²) in [6.45, 7) is 8.59. The predicted molar refractivity (Wildman–Crippen MR) is 88.7 cm³/mol. The van der Waals surface area contributed by atoms with E-state index in [4.69, 9.17) is 14.2 Å². The summed E-state index contributed by atoms with van der Waals surface area (Å²) in [6, 6.07) is 15.7. The van der Waals surface area contributed by atoms with Crippen molar-refractivity contribution in [3.63, 3.8) is 0 Å². The van der Waals surface area contributed by atoms with Gasteiger partial charge in [0.25, 0.3) is 0 Å². The molecular formula is C19H24O3. The van der Waals surface area contributed by atoms with Gasteiger partial charge in [0.2, 0.25) is 0 Å². The molecule has 0 aliphatic rings. The fourth-order valence-corrected chi connectivity index (χ4v) is 1.99. The minimum absolute atomic E-state index is 0.179. The Hall–Kier alpha value is -2.16. The maximum atomic E-state index is 5.78. The Morgan fingerprint density at radius 3 is 1.50 bits per heavy atom. The second kappa shape index (κ2) is 7.74. The van der Waals surface area contributed by atoms with Gasteiger partial charge in [-0.05, 0) is 69.7 Å². The van der Waals surface area contributed by atoms with Gasteiger partial charge < -0.3 is 14.2 Å². The zero-order valence-corrected chi connectivity index (χ0v) is 13.7. The first-order valence-corrected chi connectivity index (χ1v) is 7.68. The van der Waals surface area contributed by atoms with E-state index in [1.807, 2.05) is 76.2 Å². The fourth-order valence-electron chi connectivity index (χ4n) is 1.99. The van der Waals surface area contributed by atoms with Gasteiger partial charge in [-0.25, -0.2) is 0 Å². The largest absolute Gasteiger partial charge is 0.491 e. The summed E-state index contributed by atoms with van der Waals surface area (Å²) in [5.41, 5.74) is 1.11. The molecule has 0 fully saturated rings. The molecule has 0 spiro atoms. The summed E-state index contributed by atoms with van der Waals surface area (Å²) >= 11 is 0. The van der Waals surface area contributed by atoms with Gasteiger partial charge in [0.15, 0.2) is 0 Å². The molecule has 0 saturated heterocycles. The lowest BCUT2D eigenvalue weighted by atomic mass is 10.2. The third kappa shape index (κ3) is 5.32. The van der Waals surface area contributed by atoms with Crippen LogP contribution in [0, 0.1) is 0 Å². The molecule has 0 unspecified atom stereocenters. The van der Waals surface area contributed by atoms with Crippen molar-refractivity contribution in [2.45, 2.75) is 46.5 Å². The molecule has 118 valence electrons. The average Bonchev–Trinajstić information content (AvgIpc) is 2.47. The zero-order chi connectivity index (χ0) is 15.9. The monoisotopic (exact) mass is 300 g/mol. The lowest BCUT2D eigenvalue weighted by molar-refractivity contribution is 0.241. The minimum Gasteiger partial charge on any atom is -0.491 e. The van der Waals surface area contributed by atoms with Crippen LogP contribution in [0.1, 0.15) is 33.3 Å². The van der Waals surface area contributed by atoms with Crippen molar-refractivity contribution in [1.29, 1.82) is 0 Å². The first kappa shape index (κ1) is 16.2. The van der Waals surface area contributed by atoms with Crippen LogP contribution in [0.5, 0.6) is 17.2 Å². The van der Waals surface area contributed by atoms with Gasteiger partial charge in [-0.15, -0.1) is 0 Å². The first-order valence-electron chi connectivity index (χ1n) is 7.68. The van der Waals surface area contributed by atoms with Crippen LogP contribution in [0.2, 0.25) is 0 Å². The number of hydrogen-bond acceptors (Lipinski definition) is 3. The number of hydrogen-bond donors (Lipinski definition) is 0. The van der Waals surface area contributed by atoms with E-state index in [9.17, 15) is 0 Å². The summed E-state index contributed by atoms with van der Waals surface area (Å²) in [6.07, 6.45) is 0.368. The van der Waals surface area contributed by atoms with Gasteiger partial charge in [-0.2, -0.15) is 0 Å². The Morgan fingerprint density at radius 1 is 0.636 bits per heavy atom. The molecule has 0 aliphatic carbocycles. The van der Waals surface area contributed by atoms with E-state index in [1.54, 1.807) is 0 Å². The number of ether oxygens (including phenoxy) is 3. The highest BCUT2D eigenvalue weighted by Crippen LogP contribution is 2.20. The zero-order valence-electron chi connectivity index (χ0n) is 13.7. The van der Waals surface area contributed by atoms with E-state index in [2.05, 4.69) is 0 Å². The molecule has 0 heterocycles. The van der Waals surface area contributed by atoms with Crippen molar-refractivity contribution in [3.05, 3.63) is 54.1 Å². The van der Waals surface area contributed by atoms with Crippen LogP contribution in [-0.2, 0) is 6.61 Å². The van der Waals surface area contributed by atoms with Gasteiger partial charge in [0.1, 0.15) is 23.9 Å². The maximum Gasteiger partial charge on any atom is 0.120 e. The van der Waals surface area contributed by atoms with Crippen molar-refractivity contribution in [2.24, 2.45) is 0 Å². The Morgan fingerprint density at radius 2 is 1.05 bits per heavy atom. The topological polar surface area (TPSA) is 27.7 Å². The van der Waals surface area contributed by atoms with Gasteiger partial charge in [0, 0.05) is 0 Å². The van der Waals surface area contributed by atoms with Gasteiger partial charge in [0.05, 0.1) is 12.2 Å². The highest BCUT2D eigenvalue weighted by atomic mass is 16.5. The lowest BCUT2D eigenvalue weighted by Crippen LogP contribution is -2.05. The number of benzene rings is 2. The van der Waals surface area contributed by atoms with Crippen LogP contribution < -0.4 is 14.2 Å². The standard InChI is InChI=1S/C19H24O3/c1-14(2)21-18-7-5-16(6-8-18)13-20-17-9-11-19(12-10-17)22-15(3)4/h5-12,14-15H,13H2,1-4H3. The summed E-state index contributed by atoms with van der Waals surface area (Å²) in [7, 11) is 0. The minimum atomic E-state index is 0.179. The van der Waals surface area contributed by atoms with Crippen molar-refractivity contribution >= 4 is 0 Å². The molecule has 0 bridgehead atoms. The van der Waals surface area contributed by atoms with E-state index in [0.29, 0.717) is 6.61 Å². The Kier molecular flexibility index (Phi) is 5.70. The third-order valence-electron chi connectivity index (χ3n) is 2.90. The van der Waals surface area contributed by atoms with E-state index < -0.39 is 0 Å². The van der Waals surface area contributed by atoms with Crippen molar-refractivity contribution in [1.82, 2.24) is 0 Å². The average molecular weight is 300 g/mol. The van der Waals surface area contributed by atoms with E-state index in [1.165, 1.54) is 0 Å². The highest BCUT2D eigenvalue weighted by Gasteiger charge is 2.01. The molecule has 0 saturated carbocycles. The molecule has 0 N–H and O–H groups in total. The van der Waals surface area contributed by atoms with Gasteiger partial charge in [-0.3, -0.25) is 0 Å². The second-order valence-corrected chi connectivity index (χ2v) is 5.74. The van der Waals surface area contributed by atoms with Crippen LogP contribution in [0.4, 0.5) is 0 Å². The molecule has 2 aromatic rings. The summed E-state index contributed by atoms with van der Waals surface area (Å²) in [5, 5.41) is 0. The van der Waals surface area contributed by atoms with Crippen molar-refractivity contribution < 1.29 is 14.2 Å². The fraction of sp³-hybridized carbons (Fsp3) is 0.368. The second-order valence-electron chi connectivity index (χ2n) is 5.74. The molecule has 0 radical (unpaired) electrons. The molecule has 0 aromatic heterocycles. The summed E-state index contributed by atoms with van der Waals surface area (Å²) < 4.78 is 17.0. The van der Waals surface area contributed by atoms with Crippen LogP contribution in [-0.4, -0.2) is 12.2 Å². The third-order valence-corrected chi connectivity index (χ3v) is 2.90. The predicted octanol–water partition coefficient (Wildman–Crippen LogP) is 4.84. The van der Waals surface area contributed by atoms with Crippen molar-refractivity contribution in [3.8, 4) is 17.2 Å². The van der Waals surface area contributed by atoms with E-state index in [-0.39, 0.29) is 12.2 Å². The SMILES string of the molecule is CC(C)Oc1ccc(COc2ccc(OC(C)C)cc2)cc1. The van der Waals surface area contributed by atoms with E-state index >= 15 is 0 Å². The Bertz CT molecular complexity index is 503. The smallest absolute Gasteiger partial charge is 0.120 e. The molecule has 0 amide bonds. The van der Waals surface area contributed by atoms with E-state index in [0.717, 1.165) is 22.8 Å². The van der Waals surface area contributed by atoms with Gasteiger partial charge >= 0.3 is 0 Å². The van der Waals surface area contributed by atoms with Crippen LogP contribution in [0.25, 0.3) is 0 Å².